The Morgan fingerprint density at radius 2 is 1.62 bits per heavy atom. The van der Waals surface area contributed by atoms with Crippen molar-refractivity contribution in [3.8, 4) is 17.2 Å². The molecule has 24 heavy (non-hydrogen) atoms. The Morgan fingerprint density at radius 1 is 0.875 bits per heavy atom. The molecule has 4 rings (SSSR count). The molecule has 0 aromatic heterocycles. The van der Waals surface area contributed by atoms with Crippen LogP contribution in [0.2, 0.25) is 0 Å². The summed E-state index contributed by atoms with van der Waals surface area (Å²) in [6.45, 7) is 2.05. The Bertz CT molecular complexity index is 772. The van der Waals surface area contributed by atoms with Crippen molar-refractivity contribution in [1.82, 2.24) is 4.90 Å². The van der Waals surface area contributed by atoms with Gasteiger partial charge in [-0.25, -0.2) is 0 Å². The number of benzene rings is 2. The standard InChI is InChI=1S/C20H23NO3/c1-22-16-4-5-17-13(8-16)6-7-21-12-15-11-20(24-3)19(23-2)10-14(15)9-18(17)21/h4-5,8,10-11,18H,6-7,9,12H2,1-3H3. The van der Waals surface area contributed by atoms with Gasteiger partial charge in [0.15, 0.2) is 11.5 Å². The van der Waals surface area contributed by atoms with Gasteiger partial charge in [-0.05, 0) is 59.4 Å². The third kappa shape index (κ3) is 2.42. The van der Waals surface area contributed by atoms with Gasteiger partial charge in [0.05, 0.1) is 21.3 Å². The van der Waals surface area contributed by atoms with Crippen LogP contribution in [0.15, 0.2) is 30.3 Å². The van der Waals surface area contributed by atoms with Crippen LogP contribution in [0.4, 0.5) is 0 Å². The van der Waals surface area contributed by atoms with E-state index in [1.807, 2.05) is 0 Å². The van der Waals surface area contributed by atoms with E-state index < -0.39 is 0 Å². The Labute approximate surface area is 142 Å². The number of hydrogen-bond acceptors (Lipinski definition) is 4. The summed E-state index contributed by atoms with van der Waals surface area (Å²) in [7, 11) is 5.12. The maximum absolute atomic E-state index is 5.48. The van der Waals surface area contributed by atoms with Gasteiger partial charge < -0.3 is 14.2 Å². The van der Waals surface area contributed by atoms with E-state index in [0.717, 1.165) is 43.2 Å². The van der Waals surface area contributed by atoms with Crippen molar-refractivity contribution in [2.24, 2.45) is 0 Å². The van der Waals surface area contributed by atoms with Gasteiger partial charge in [-0.15, -0.1) is 0 Å². The molecule has 2 aromatic carbocycles. The quantitative estimate of drug-likeness (QED) is 0.866. The van der Waals surface area contributed by atoms with Crippen LogP contribution >= 0.6 is 0 Å². The molecule has 0 aliphatic carbocycles. The predicted octanol–water partition coefficient (Wildman–Crippen LogP) is 3.37. The number of ether oxygens (including phenoxy) is 3. The Hall–Kier alpha value is -2.20. The highest BCUT2D eigenvalue weighted by atomic mass is 16.5. The van der Waals surface area contributed by atoms with Crippen LogP contribution in [-0.4, -0.2) is 32.8 Å². The first-order valence-corrected chi connectivity index (χ1v) is 8.38. The lowest BCUT2D eigenvalue weighted by Crippen LogP contribution is -2.39. The van der Waals surface area contributed by atoms with Gasteiger partial charge in [-0.3, -0.25) is 4.90 Å². The maximum Gasteiger partial charge on any atom is 0.161 e. The second-order valence-corrected chi connectivity index (χ2v) is 6.48. The summed E-state index contributed by atoms with van der Waals surface area (Å²) in [6.07, 6.45) is 2.08. The minimum Gasteiger partial charge on any atom is -0.497 e. The van der Waals surface area contributed by atoms with Crippen LogP contribution in [0.1, 0.15) is 28.3 Å². The van der Waals surface area contributed by atoms with Crippen LogP contribution in [0, 0.1) is 0 Å². The summed E-state index contributed by atoms with van der Waals surface area (Å²) < 4.78 is 16.3. The summed E-state index contributed by atoms with van der Waals surface area (Å²) in [5, 5.41) is 0. The number of rotatable bonds is 3. The Morgan fingerprint density at radius 3 is 2.33 bits per heavy atom. The van der Waals surface area contributed by atoms with E-state index in [9.17, 15) is 0 Å². The lowest BCUT2D eigenvalue weighted by Gasteiger charge is -2.41. The van der Waals surface area contributed by atoms with Gasteiger partial charge in [-0.2, -0.15) is 0 Å². The molecule has 0 saturated carbocycles. The van der Waals surface area contributed by atoms with E-state index in [4.69, 9.17) is 14.2 Å². The van der Waals surface area contributed by atoms with Crippen molar-refractivity contribution in [3.63, 3.8) is 0 Å². The average molecular weight is 325 g/mol. The summed E-state index contributed by atoms with van der Waals surface area (Å²) in [6, 6.07) is 11.2. The summed E-state index contributed by atoms with van der Waals surface area (Å²) >= 11 is 0. The third-order valence-corrected chi connectivity index (χ3v) is 5.31. The fraction of sp³-hybridized carbons (Fsp3) is 0.400. The minimum absolute atomic E-state index is 0.435. The maximum atomic E-state index is 5.48. The largest absolute Gasteiger partial charge is 0.497 e. The molecule has 4 heteroatoms. The summed E-state index contributed by atoms with van der Waals surface area (Å²) in [4.78, 5) is 2.57. The molecule has 126 valence electrons. The summed E-state index contributed by atoms with van der Waals surface area (Å²) in [5.41, 5.74) is 5.56. The number of fused-ring (bicyclic) bond motifs is 4. The van der Waals surface area contributed by atoms with Crippen molar-refractivity contribution in [2.75, 3.05) is 27.9 Å². The highest BCUT2D eigenvalue weighted by Gasteiger charge is 2.32. The predicted molar refractivity (Wildman–Crippen MR) is 93.1 cm³/mol. The highest BCUT2D eigenvalue weighted by Crippen LogP contribution is 2.42. The lowest BCUT2D eigenvalue weighted by molar-refractivity contribution is 0.160. The molecule has 0 amide bonds. The van der Waals surface area contributed by atoms with Crippen molar-refractivity contribution < 1.29 is 14.2 Å². The topological polar surface area (TPSA) is 30.9 Å². The van der Waals surface area contributed by atoms with Gasteiger partial charge in [0, 0.05) is 19.1 Å². The highest BCUT2D eigenvalue weighted by molar-refractivity contribution is 5.50. The first-order valence-electron chi connectivity index (χ1n) is 8.38. The summed E-state index contributed by atoms with van der Waals surface area (Å²) in [5.74, 6) is 2.58. The zero-order valence-electron chi connectivity index (χ0n) is 14.5. The fourth-order valence-corrected chi connectivity index (χ4v) is 4.02. The zero-order chi connectivity index (χ0) is 16.7. The van der Waals surface area contributed by atoms with E-state index in [2.05, 4.69) is 35.2 Å². The van der Waals surface area contributed by atoms with Gasteiger partial charge in [0.2, 0.25) is 0 Å². The molecular weight excluding hydrogens is 302 g/mol. The van der Waals surface area contributed by atoms with Crippen LogP contribution < -0.4 is 14.2 Å². The monoisotopic (exact) mass is 325 g/mol. The van der Waals surface area contributed by atoms with E-state index in [1.165, 1.54) is 22.3 Å². The van der Waals surface area contributed by atoms with E-state index in [1.54, 1.807) is 21.3 Å². The molecule has 0 fully saturated rings. The van der Waals surface area contributed by atoms with Gasteiger partial charge in [0.25, 0.3) is 0 Å². The molecule has 0 saturated heterocycles. The molecule has 2 aromatic rings. The van der Waals surface area contributed by atoms with Crippen molar-refractivity contribution in [1.29, 1.82) is 0 Å². The SMILES string of the molecule is COc1ccc2c(c1)CCN1Cc3cc(OC)c(OC)cc3CC21. The first kappa shape index (κ1) is 15.3. The zero-order valence-corrected chi connectivity index (χ0v) is 14.5. The normalized spacial score (nSPS) is 19.0. The molecule has 2 aliphatic heterocycles. The number of hydrogen-bond donors (Lipinski definition) is 0. The second kappa shape index (κ2) is 6.02. The average Bonchev–Trinajstić information content (AvgIpc) is 2.64. The van der Waals surface area contributed by atoms with Crippen molar-refractivity contribution >= 4 is 0 Å². The number of methoxy groups -OCH3 is 3. The van der Waals surface area contributed by atoms with Crippen molar-refractivity contribution in [3.05, 3.63) is 52.6 Å². The second-order valence-electron chi connectivity index (χ2n) is 6.48. The van der Waals surface area contributed by atoms with Gasteiger partial charge in [0.1, 0.15) is 5.75 Å². The molecular formula is C20H23NO3. The molecule has 1 unspecified atom stereocenters. The van der Waals surface area contributed by atoms with Gasteiger partial charge >= 0.3 is 0 Å². The molecule has 0 radical (unpaired) electrons. The molecule has 2 heterocycles. The van der Waals surface area contributed by atoms with Crippen LogP contribution in [0.25, 0.3) is 0 Å². The molecule has 4 nitrogen and oxygen atoms in total. The van der Waals surface area contributed by atoms with Crippen LogP contribution in [0.5, 0.6) is 17.2 Å². The Balaban J connectivity index is 1.72. The molecule has 1 atom stereocenters. The van der Waals surface area contributed by atoms with E-state index in [-0.39, 0.29) is 0 Å². The van der Waals surface area contributed by atoms with Crippen molar-refractivity contribution in [2.45, 2.75) is 25.4 Å². The fourth-order valence-electron chi connectivity index (χ4n) is 4.02. The molecule has 2 aliphatic rings. The molecule has 0 bridgehead atoms. The lowest BCUT2D eigenvalue weighted by atomic mass is 9.84. The minimum atomic E-state index is 0.435. The van der Waals surface area contributed by atoms with Gasteiger partial charge in [-0.1, -0.05) is 6.07 Å². The smallest absolute Gasteiger partial charge is 0.161 e. The van der Waals surface area contributed by atoms with Crippen LogP contribution in [0.3, 0.4) is 0 Å². The Kier molecular flexibility index (Phi) is 3.85. The molecule has 0 spiro atoms. The van der Waals surface area contributed by atoms with E-state index >= 15 is 0 Å². The first-order chi connectivity index (χ1) is 11.7. The van der Waals surface area contributed by atoms with Crippen LogP contribution in [-0.2, 0) is 19.4 Å². The van der Waals surface area contributed by atoms with E-state index in [0.29, 0.717) is 6.04 Å². The molecule has 0 N–H and O–H groups in total. The third-order valence-electron chi connectivity index (χ3n) is 5.31. The number of nitrogens with zero attached hydrogens (tertiary/aromatic N) is 1.